The Morgan fingerprint density at radius 3 is 2.30 bits per heavy atom. The summed E-state index contributed by atoms with van der Waals surface area (Å²) in [6, 6.07) is 22.4. The standard InChI is InChI=1S/C31H37NO4.ClH/c1-32(19-17-23-11-15-27(16-12-23)36-22-24-8-5-4-6-9-24)18-7-10-25-13-14-26-20-29(34-2)30(35-3)21-28(26)31(25)33;/h4-6,8-9,11-12,15-16,20-21,25H,7,10,13-14,17-19,22H2,1-3H3;1H. The monoisotopic (exact) mass is 523 g/mol. The summed E-state index contributed by atoms with van der Waals surface area (Å²) >= 11 is 0. The third-order valence-electron chi connectivity index (χ3n) is 7.05. The predicted molar refractivity (Wildman–Crippen MR) is 151 cm³/mol. The number of carbonyl (C=O) groups excluding carboxylic acids is 1. The quantitative estimate of drug-likeness (QED) is 0.275. The number of Topliss-reactive ketones (excluding diaryl/α,β-unsaturated/α-hetero) is 1. The molecule has 4 rings (SSSR count). The zero-order valence-corrected chi connectivity index (χ0v) is 22.9. The van der Waals surface area contributed by atoms with Crippen molar-refractivity contribution in [2.24, 2.45) is 5.92 Å². The van der Waals surface area contributed by atoms with E-state index in [0.29, 0.717) is 18.1 Å². The molecule has 0 N–H and O–H groups in total. The fourth-order valence-corrected chi connectivity index (χ4v) is 4.85. The lowest BCUT2D eigenvalue weighted by Crippen LogP contribution is -2.26. The van der Waals surface area contributed by atoms with E-state index in [0.717, 1.165) is 62.1 Å². The molecule has 1 atom stereocenters. The first-order chi connectivity index (χ1) is 17.6. The highest BCUT2D eigenvalue weighted by atomic mass is 35.5. The molecule has 37 heavy (non-hydrogen) atoms. The minimum atomic E-state index is 0. The van der Waals surface area contributed by atoms with Gasteiger partial charge in [0.25, 0.3) is 0 Å². The maximum absolute atomic E-state index is 13.1. The summed E-state index contributed by atoms with van der Waals surface area (Å²) < 4.78 is 16.7. The number of ketones is 1. The summed E-state index contributed by atoms with van der Waals surface area (Å²) in [7, 11) is 5.40. The van der Waals surface area contributed by atoms with Crippen LogP contribution in [0, 0.1) is 5.92 Å². The van der Waals surface area contributed by atoms with Crippen molar-refractivity contribution in [3.8, 4) is 17.2 Å². The van der Waals surface area contributed by atoms with Crippen LogP contribution in [-0.2, 0) is 19.4 Å². The highest BCUT2D eigenvalue weighted by molar-refractivity contribution is 6.00. The number of hydrogen-bond donors (Lipinski definition) is 0. The maximum Gasteiger partial charge on any atom is 0.166 e. The van der Waals surface area contributed by atoms with Gasteiger partial charge in [0.2, 0.25) is 0 Å². The highest BCUT2D eigenvalue weighted by Gasteiger charge is 2.28. The molecule has 0 aromatic heterocycles. The Labute approximate surface area is 227 Å². The molecule has 0 aliphatic heterocycles. The minimum absolute atomic E-state index is 0. The molecule has 0 saturated carbocycles. The number of fused-ring (bicyclic) bond motifs is 1. The number of ether oxygens (including phenoxy) is 3. The molecule has 0 saturated heterocycles. The molecule has 0 amide bonds. The molecule has 1 aliphatic rings. The topological polar surface area (TPSA) is 48.0 Å². The van der Waals surface area contributed by atoms with Crippen LogP contribution in [0.25, 0.3) is 0 Å². The van der Waals surface area contributed by atoms with Gasteiger partial charge in [-0.3, -0.25) is 4.79 Å². The Bertz CT molecular complexity index is 1130. The van der Waals surface area contributed by atoms with Gasteiger partial charge in [0.15, 0.2) is 17.3 Å². The van der Waals surface area contributed by atoms with Crippen molar-refractivity contribution in [3.05, 3.63) is 89.0 Å². The SMILES string of the molecule is COc1cc2c(cc1OC)C(=O)C(CCCN(C)CCc1ccc(OCc3ccccc3)cc1)CC2.Cl. The molecule has 0 heterocycles. The van der Waals surface area contributed by atoms with Crippen LogP contribution in [-0.4, -0.2) is 45.0 Å². The highest BCUT2D eigenvalue weighted by Crippen LogP contribution is 2.36. The molecule has 1 aliphatic carbocycles. The van der Waals surface area contributed by atoms with Crippen LogP contribution in [0.4, 0.5) is 0 Å². The fourth-order valence-electron chi connectivity index (χ4n) is 4.85. The Balaban J connectivity index is 0.00000380. The zero-order chi connectivity index (χ0) is 25.3. The van der Waals surface area contributed by atoms with E-state index in [1.165, 1.54) is 11.1 Å². The summed E-state index contributed by atoms with van der Waals surface area (Å²) in [5, 5.41) is 0. The summed E-state index contributed by atoms with van der Waals surface area (Å²) in [5.41, 5.74) is 4.34. The van der Waals surface area contributed by atoms with Crippen molar-refractivity contribution < 1.29 is 19.0 Å². The van der Waals surface area contributed by atoms with E-state index in [-0.39, 0.29) is 24.1 Å². The lowest BCUT2D eigenvalue weighted by atomic mass is 9.80. The van der Waals surface area contributed by atoms with Gasteiger partial charge in [-0.05, 0) is 86.7 Å². The summed E-state index contributed by atoms with van der Waals surface area (Å²) in [6.07, 6.45) is 4.75. The molecule has 6 heteroatoms. The number of benzene rings is 3. The van der Waals surface area contributed by atoms with Gasteiger partial charge in [-0.2, -0.15) is 0 Å². The van der Waals surface area contributed by atoms with Crippen LogP contribution in [0.5, 0.6) is 17.2 Å². The van der Waals surface area contributed by atoms with Crippen molar-refractivity contribution in [2.75, 3.05) is 34.4 Å². The van der Waals surface area contributed by atoms with E-state index in [1.54, 1.807) is 14.2 Å². The van der Waals surface area contributed by atoms with Gasteiger partial charge in [-0.15, -0.1) is 12.4 Å². The van der Waals surface area contributed by atoms with Gasteiger partial charge in [-0.25, -0.2) is 0 Å². The van der Waals surface area contributed by atoms with E-state index in [9.17, 15) is 4.79 Å². The van der Waals surface area contributed by atoms with E-state index in [4.69, 9.17) is 14.2 Å². The number of hydrogen-bond acceptors (Lipinski definition) is 5. The molecule has 3 aromatic carbocycles. The molecule has 0 radical (unpaired) electrons. The number of rotatable bonds is 12. The van der Waals surface area contributed by atoms with Gasteiger partial charge < -0.3 is 19.1 Å². The van der Waals surface area contributed by atoms with Gasteiger partial charge in [-0.1, -0.05) is 42.5 Å². The summed E-state index contributed by atoms with van der Waals surface area (Å²) in [5.74, 6) is 2.55. The number of likely N-dealkylation sites (N-methyl/N-ethyl adjacent to an activating group) is 1. The number of carbonyl (C=O) groups is 1. The van der Waals surface area contributed by atoms with Gasteiger partial charge in [0.1, 0.15) is 12.4 Å². The van der Waals surface area contributed by atoms with Crippen LogP contribution in [0.15, 0.2) is 66.7 Å². The summed E-state index contributed by atoms with van der Waals surface area (Å²) in [4.78, 5) is 15.5. The minimum Gasteiger partial charge on any atom is -0.493 e. The van der Waals surface area contributed by atoms with E-state index >= 15 is 0 Å². The number of halogens is 1. The Kier molecular flexibility index (Phi) is 10.8. The van der Waals surface area contributed by atoms with Crippen LogP contribution >= 0.6 is 12.4 Å². The van der Waals surface area contributed by atoms with Crippen molar-refractivity contribution in [2.45, 2.75) is 38.7 Å². The summed E-state index contributed by atoms with van der Waals surface area (Å²) in [6.45, 7) is 2.56. The van der Waals surface area contributed by atoms with Crippen LogP contribution in [0.1, 0.15) is 46.3 Å². The van der Waals surface area contributed by atoms with E-state index in [1.807, 2.05) is 30.3 Å². The van der Waals surface area contributed by atoms with Crippen LogP contribution in [0.2, 0.25) is 0 Å². The lowest BCUT2D eigenvalue weighted by molar-refractivity contribution is 0.0890. The molecule has 5 nitrogen and oxygen atoms in total. The zero-order valence-electron chi connectivity index (χ0n) is 22.1. The third-order valence-corrected chi connectivity index (χ3v) is 7.05. The normalized spacial score (nSPS) is 14.6. The molecule has 0 spiro atoms. The largest absolute Gasteiger partial charge is 0.493 e. The van der Waals surface area contributed by atoms with Gasteiger partial charge in [0.05, 0.1) is 14.2 Å². The molecular weight excluding hydrogens is 486 g/mol. The number of methoxy groups -OCH3 is 2. The average molecular weight is 524 g/mol. The van der Waals surface area contributed by atoms with Crippen LogP contribution < -0.4 is 14.2 Å². The number of nitrogens with zero attached hydrogens (tertiary/aromatic N) is 1. The molecule has 3 aromatic rings. The molecule has 0 fully saturated rings. The van der Waals surface area contributed by atoms with Crippen molar-refractivity contribution in [3.63, 3.8) is 0 Å². The first kappa shape index (κ1) is 28.5. The third kappa shape index (κ3) is 7.73. The van der Waals surface area contributed by atoms with Gasteiger partial charge in [0, 0.05) is 18.0 Å². The van der Waals surface area contributed by atoms with Crippen molar-refractivity contribution in [1.82, 2.24) is 4.90 Å². The second kappa shape index (κ2) is 14.1. The second-order valence-electron chi connectivity index (χ2n) is 9.58. The Morgan fingerprint density at radius 2 is 1.59 bits per heavy atom. The molecular formula is C31H38ClNO4. The van der Waals surface area contributed by atoms with Crippen molar-refractivity contribution >= 4 is 18.2 Å². The smallest absolute Gasteiger partial charge is 0.166 e. The molecule has 198 valence electrons. The predicted octanol–water partition coefficient (Wildman–Crippen LogP) is 6.40. The first-order valence-electron chi connectivity index (χ1n) is 12.8. The fraction of sp³-hybridized carbons (Fsp3) is 0.387. The Hall–Kier alpha value is -3.02. The second-order valence-corrected chi connectivity index (χ2v) is 9.58. The molecule has 1 unspecified atom stereocenters. The van der Waals surface area contributed by atoms with E-state index in [2.05, 4.69) is 48.3 Å². The Morgan fingerprint density at radius 1 is 0.892 bits per heavy atom. The van der Waals surface area contributed by atoms with E-state index < -0.39 is 0 Å². The average Bonchev–Trinajstić information content (AvgIpc) is 2.92. The first-order valence-corrected chi connectivity index (χ1v) is 12.8. The lowest BCUT2D eigenvalue weighted by Gasteiger charge is -2.25. The molecule has 0 bridgehead atoms. The number of aryl methyl sites for hydroxylation is 1. The van der Waals surface area contributed by atoms with Crippen molar-refractivity contribution in [1.29, 1.82) is 0 Å². The maximum atomic E-state index is 13.1. The van der Waals surface area contributed by atoms with Gasteiger partial charge >= 0.3 is 0 Å². The van der Waals surface area contributed by atoms with Crippen LogP contribution in [0.3, 0.4) is 0 Å².